The smallest absolute Gasteiger partial charge is 0.330 e. The van der Waals surface area contributed by atoms with Crippen molar-refractivity contribution < 1.29 is 19.4 Å². The highest BCUT2D eigenvalue weighted by Gasteiger charge is 2.62. The van der Waals surface area contributed by atoms with Crippen LogP contribution in [0.1, 0.15) is 59.3 Å². The second-order valence-corrected chi connectivity index (χ2v) is 7.35. The first kappa shape index (κ1) is 16.1. The molecular formula is C17H26O4. The van der Waals surface area contributed by atoms with Gasteiger partial charge in [0.2, 0.25) is 0 Å². The molecule has 0 radical (unpaired) electrons. The number of ether oxygens (including phenoxy) is 1. The average molecular weight is 294 g/mol. The predicted octanol–water partition coefficient (Wildman–Crippen LogP) is 3.56. The summed E-state index contributed by atoms with van der Waals surface area (Å²) in [5.74, 6) is -0.555. The lowest BCUT2D eigenvalue weighted by Crippen LogP contribution is -2.38. The maximum absolute atomic E-state index is 12.0. The number of hydrogen-bond donors (Lipinski definition) is 1. The van der Waals surface area contributed by atoms with Crippen LogP contribution in [0.2, 0.25) is 0 Å². The highest BCUT2D eigenvalue weighted by atomic mass is 16.5. The molecule has 0 spiro atoms. The Kier molecular flexibility index (Phi) is 4.18. The maximum atomic E-state index is 12.0. The normalized spacial score (nSPS) is 32.9. The molecule has 2 fully saturated rings. The molecule has 1 N–H and O–H groups in total. The lowest BCUT2D eigenvalue weighted by molar-refractivity contribution is -0.157. The van der Waals surface area contributed by atoms with Gasteiger partial charge in [-0.05, 0) is 43.4 Å². The number of aliphatic carboxylic acids is 1. The third kappa shape index (κ3) is 2.72. The Balaban J connectivity index is 1.82. The number of esters is 1. The van der Waals surface area contributed by atoms with Crippen molar-refractivity contribution in [3.05, 3.63) is 12.2 Å². The Bertz CT molecular complexity index is 465. The van der Waals surface area contributed by atoms with Crippen molar-refractivity contribution in [1.82, 2.24) is 0 Å². The molecule has 0 heterocycles. The first-order valence-corrected chi connectivity index (χ1v) is 7.79. The molecule has 0 aromatic heterocycles. The van der Waals surface area contributed by atoms with Gasteiger partial charge in [-0.3, -0.25) is 4.79 Å². The number of fused-ring (bicyclic) bond motifs is 2. The minimum atomic E-state index is -0.995. The van der Waals surface area contributed by atoms with Crippen molar-refractivity contribution in [3.8, 4) is 0 Å². The molecule has 3 atom stereocenters. The van der Waals surface area contributed by atoms with Crippen molar-refractivity contribution in [1.29, 1.82) is 0 Å². The van der Waals surface area contributed by atoms with E-state index in [1.165, 1.54) is 6.42 Å². The highest BCUT2D eigenvalue weighted by molar-refractivity contribution is 5.85. The van der Waals surface area contributed by atoms with E-state index in [4.69, 9.17) is 9.84 Å². The zero-order chi connectivity index (χ0) is 15.8. The molecule has 3 unspecified atom stereocenters. The molecule has 0 amide bonds. The summed E-state index contributed by atoms with van der Waals surface area (Å²) in [5, 5.41) is 8.72. The fourth-order valence-corrected chi connectivity index (χ4v) is 4.08. The van der Waals surface area contributed by atoms with Crippen LogP contribution in [0, 0.1) is 16.7 Å². The van der Waals surface area contributed by atoms with Gasteiger partial charge in [-0.2, -0.15) is 0 Å². The van der Waals surface area contributed by atoms with Gasteiger partial charge in [0.15, 0.2) is 0 Å². The molecule has 0 aliphatic heterocycles. The lowest BCUT2D eigenvalue weighted by atomic mass is 9.70. The summed E-state index contributed by atoms with van der Waals surface area (Å²) in [4.78, 5) is 22.6. The first-order valence-electron chi connectivity index (χ1n) is 7.79. The minimum Gasteiger partial charge on any atom is -0.478 e. The van der Waals surface area contributed by atoms with Gasteiger partial charge >= 0.3 is 11.9 Å². The lowest BCUT2D eigenvalue weighted by Gasteiger charge is -2.38. The van der Waals surface area contributed by atoms with Crippen LogP contribution in [0.5, 0.6) is 0 Å². The second-order valence-electron chi connectivity index (χ2n) is 7.35. The molecule has 118 valence electrons. The third-order valence-corrected chi connectivity index (χ3v) is 6.15. The maximum Gasteiger partial charge on any atom is 0.330 e. The van der Waals surface area contributed by atoms with Crippen molar-refractivity contribution >= 4 is 11.9 Å². The van der Waals surface area contributed by atoms with E-state index in [1.807, 2.05) is 0 Å². The third-order valence-electron chi connectivity index (χ3n) is 6.15. The zero-order valence-corrected chi connectivity index (χ0v) is 13.3. The van der Waals surface area contributed by atoms with E-state index in [0.29, 0.717) is 18.8 Å². The molecule has 0 saturated heterocycles. The standard InChI is InChI=1S/C17H26O4/c1-11(15(19)20)6-5-7-14(18)21-13-10-12-8-9-17(13,4)16(12,2)3/h12-13H,1,5-10H2,2-4H3,(H,19,20). The Morgan fingerprint density at radius 1 is 1.29 bits per heavy atom. The monoisotopic (exact) mass is 294 g/mol. The summed E-state index contributed by atoms with van der Waals surface area (Å²) in [6.07, 6.45) is 4.43. The summed E-state index contributed by atoms with van der Waals surface area (Å²) in [6, 6.07) is 0. The Morgan fingerprint density at radius 3 is 2.43 bits per heavy atom. The molecule has 21 heavy (non-hydrogen) atoms. The summed E-state index contributed by atoms with van der Waals surface area (Å²) in [5.41, 5.74) is 0.462. The summed E-state index contributed by atoms with van der Waals surface area (Å²) in [7, 11) is 0. The van der Waals surface area contributed by atoms with Crippen molar-refractivity contribution in [2.75, 3.05) is 0 Å². The molecule has 2 saturated carbocycles. The van der Waals surface area contributed by atoms with E-state index >= 15 is 0 Å². The van der Waals surface area contributed by atoms with E-state index in [9.17, 15) is 9.59 Å². The molecule has 2 bridgehead atoms. The number of carbonyl (C=O) groups excluding carboxylic acids is 1. The van der Waals surface area contributed by atoms with Crippen molar-refractivity contribution in [2.45, 2.75) is 65.4 Å². The molecule has 0 aromatic rings. The molecule has 2 rings (SSSR count). The first-order chi connectivity index (χ1) is 9.68. The molecule has 2 aliphatic rings. The molecular weight excluding hydrogens is 268 g/mol. The fourth-order valence-electron chi connectivity index (χ4n) is 4.08. The second kappa shape index (κ2) is 5.47. The van der Waals surface area contributed by atoms with Gasteiger partial charge in [0.25, 0.3) is 0 Å². The van der Waals surface area contributed by atoms with Crippen LogP contribution in [0.15, 0.2) is 12.2 Å². The molecule has 0 aromatic carbocycles. The predicted molar refractivity (Wildman–Crippen MR) is 79.7 cm³/mol. The number of carboxylic acid groups (broad SMARTS) is 1. The van der Waals surface area contributed by atoms with Gasteiger partial charge in [0, 0.05) is 17.4 Å². The van der Waals surface area contributed by atoms with Gasteiger partial charge in [-0.15, -0.1) is 0 Å². The zero-order valence-electron chi connectivity index (χ0n) is 13.3. The highest BCUT2D eigenvalue weighted by Crippen LogP contribution is 2.66. The summed E-state index contributed by atoms with van der Waals surface area (Å²) < 4.78 is 5.71. The van der Waals surface area contributed by atoms with E-state index in [-0.39, 0.29) is 34.9 Å². The van der Waals surface area contributed by atoms with E-state index in [2.05, 4.69) is 27.4 Å². The van der Waals surface area contributed by atoms with Gasteiger partial charge in [0.1, 0.15) is 6.10 Å². The molecule has 4 heteroatoms. The quantitative estimate of drug-likeness (QED) is 0.601. The molecule has 2 aliphatic carbocycles. The Hall–Kier alpha value is -1.32. The largest absolute Gasteiger partial charge is 0.478 e. The Morgan fingerprint density at radius 2 is 1.95 bits per heavy atom. The van der Waals surface area contributed by atoms with E-state index < -0.39 is 5.97 Å². The van der Waals surface area contributed by atoms with Gasteiger partial charge in [0.05, 0.1) is 0 Å². The van der Waals surface area contributed by atoms with Crippen molar-refractivity contribution in [2.24, 2.45) is 16.7 Å². The van der Waals surface area contributed by atoms with Crippen LogP contribution < -0.4 is 0 Å². The van der Waals surface area contributed by atoms with Gasteiger partial charge < -0.3 is 9.84 Å². The van der Waals surface area contributed by atoms with Crippen LogP contribution in [-0.4, -0.2) is 23.1 Å². The minimum absolute atomic E-state index is 0.0152. The Labute approximate surface area is 126 Å². The summed E-state index contributed by atoms with van der Waals surface area (Å²) in [6.45, 7) is 10.3. The van der Waals surface area contributed by atoms with Crippen LogP contribution in [0.25, 0.3) is 0 Å². The van der Waals surface area contributed by atoms with E-state index in [1.54, 1.807) is 0 Å². The van der Waals surface area contributed by atoms with E-state index in [0.717, 1.165) is 12.8 Å². The van der Waals surface area contributed by atoms with Gasteiger partial charge in [-0.1, -0.05) is 27.4 Å². The van der Waals surface area contributed by atoms with Crippen LogP contribution in [0.3, 0.4) is 0 Å². The van der Waals surface area contributed by atoms with Crippen LogP contribution >= 0.6 is 0 Å². The molecule has 4 nitrogen and oxygen atoms in total. The number of carboxylic acids is 1. The fraction of sp³-hybridized carbons (Fsp3) is 0.765. The summed E-state index contributed by atoms with van der Waals surface area (Å²) >= 11 is 0. The van der Waals surface area contributed by atoms with Crippen LogP contribution in [0.4, 0.5) is 0 Å². The van der Waals surface area contributed by atoms with Gasteiger partial charge in [-0.25, -0.2) is 4.79 Å². The SMILES string of the molecule is C=C(CCCC(=O)OC1CC2CCC1(C)C2(C)C)C(=O)O. The number of hydrogen-bond acceptors (Lipinski definition) is 3. The topological polar surface area (TPSA) is 63.6 Å². The average Bonchev–Trinajstić information content (AvgIpc) is 2.71. The number of rotatable bonds is 6. The van der Waals surface area contributed by atoms with Crippen molar-refractivity contribution in [3.63, 3.8) is 0 Å². The number of carbonyl (C=O) groups is 2. The van der Waals surface area contributed by atoms with Crippen LogP contribution in [-0.2, 0) is 14.3 Å².